The Morgan fingerprint density at radius 1 is 1.21 bits per heavy atom. The van der Waals surface area contributed by atoms with Crippen LogP contribution in [0.4, 0.5) is 0 Å². The van der Waals surface area contributed by atoms with Crippen LogP contribution >= 0.6 is 15.9 Å². The summed E-state index contributed by atoms with van der Waals surface area (Å²) in [5.41, 5.74) is 4.91. The number of para-hydroxylation sites is 2. The summed E-state index contributed by atoms with van der Waals surface area (Å²) in [7, 11) is 0. The number of hydrogen-bond donors (Lipinski definition) is 2. The Labute approximate surface area is 179 Å². The summed E-state index contributed by atoms with van der Waals surface area (Å²) in [6.45, 7) is 6.37. The number of halogens is 1. The van der Waals surface area contributed by atoms with Crippen LogP contribution < -0.4 is 5.43 Å². The number of H-pyrrole nitrogens is 1. The molecule has 0 spiro atoms. The van der Waals surface area contributed by atoms with Crippen LogP contribution in [0.1, 0.15) is 50.9 Å². The van der Waals surface area contributed by atoms with E-state index in [1.807, 2.05) is 55.5 Å². The number of nitrogens with zero attached hydrogens (tertiary/aromatic N) is 2. The van der Waals surface area contributed by atoms with Gasteiger partial charge in [0.1, 0.15) is 5.82 Å². The molecule has 0 bridgehead atoms. The van der Waals surface area contributed by atoms with Crippen LogP contribution in [-0.4, -0.2) is 22.1 Å². The minimum atomic E-state index is -0.534. The number of amides is 1. The smallest absolute Gasteiger partial charge is 0.246 e. The molecule has 1 saturated carbocycles. The van der Waals surface area contributed by atoms with Crippen LogP contribution in [0, 0.1) is 10.8 Å². The second kappa shape index (κ2) is 7.41. The fraction of sp³-hybridized carbons (Fsp3) is 0.348. The number of imidazole rings is 1. The van der Waals surface area contributed by atoms with Gasteiger partial charge in [-0.2, -0.15) is 5.10 Å². The summed E-state index contributed by atoms with van der Waals surface area (Å²) >= 11 is 3.42. The predicted molar refractivity (Wildman–Crippen MR) is 120 cm³/mol. The molecule has 1 amide bonds. The van der Waals surface area contributed by atoms with Gasteiger partial charge >= 0.3 is 0 Å². The second-order valence-electron chi connectivity index (χ2n) is 8.53. The van der Waals surface area contributed by atoms with Gasteiger partial charge in [-0.1, -0.05) is 61.0 Å². The Hall–Kier alpha value is -2.47. The van der Waals surface area contributed by atoms with Crippen LogP contribution in [-0.2, 0) is 4.79 Å². The van der Waals surface area contributed by atoms with Crippen molar-refractivity contribution in [3.63, 3.8) is 0 Å². The summed E-state index contributed by atoms with van der Waals surface area (Å²) in [6.07, 6.45) is 3.38. The number of hydrazone groups is 1. The molecule has 2 atom stereocenters. The molecule has 0 saturated heterocycles. The van der Waals surface area contributed by atoms with Crippen molar-refractivity contribution < 1.29 is 4.79 Å². The van der Waals surface area contributed by atoms with Crippen LogP contribution in [0.2, 0.25) is 0 Å². The number of aromatic nitrogens is 2. The maximum atomic E-state index is 13.1. The molecule has 0 unspecified atom stereocenters. The highest BCUT2D eigenvalue weighted by Crippen LogP contribution is 2.59. The van der Waals surface area contributed by atoms with E-state index in [1.165, 1.54) is 0 Å². The molecule has 150 valence electrons. The molecule has 5 nitrogen and oxygen atoms in total. The molecule has 1 heterocycles. The lowest BCUT2D eigenvalue weighted by atomic mass is 9.65. The first kappa shape index (κ1) is 19.8. The predicted octanol–water partition coefficient (Wildman–Crippen LogP) is 5.39. The van der Waals surface area contributed by atoms with Gasteiger partial charge in [-0.3, -0.25) is 4.79 Å². The molecule has 29 heavy (non-hydrogen) atoms. The molecular weight excluding hydrogens is 428 g/mol. The number of aromatic amines is 1. The molecule has 1 aliphatic rings. The van der Waals surface area contributed by atoms with Gasteiger partial charge < -0.3 is 4.98 Å². The molecular formula is C23H25BrN4O. The van der Waals surface area contributed by atoms with Gasteiger partial charge in [0, 0.05) is 10.4 Å². The Morgan fingerprint density at radius 2 is 1.93 bits per heavy atom. The van der Waals surface area contributed by atoms with E-state index in [-0.39, 0.29) is 17.2 Å². The van der Waals surface area contributed by atoms with Crippen molar-refractivity contribution in [3.8, 4) is 0 Å². The highest BCUT2D eigenvalue weighted by molar-refractivity contribution is 9.10. The van der Waals surface area contributed by atoms with Crippen molar-refractivity contribution in [3.05, 3.63) is 64.4 Å². The van der Waals surface area contributed by atoms with Gasteiger partial charge in [0.2, 0.25) is 5.91 Å². The SMILES string of the molecule is CC1(C)[C@@H](c2nc3ccccc3[nH]2)CC[C@]1(C)C(=O)N/N=C\c1ccc(Br)cc1. The van der Waals surface area contributed by atoms with E-state index in [2.05, 4.69) is 45.3 Å². The number of rotatable bonds is 4. The van der Waals surface area contributed by atoms with Gasteiger partial charge in [-0.15, -0.1) is 0 Å². The first-order valence-corrected chi connectivity index (χ1v) is 10.6. The molecule has 0 radical (unpaired) electrons. The number of benzene rings is 2. The van der Waals surface area contributed by atoms with Crippen molar-refractivity contribution in [1.29, 1.82) is 0 Å². The zero-order valence-corrected chi connectivity index (χ0v) is 18.5. The van der Waals surface area contributed by atoms with Crippen molar-refractivity contribution >= 4 is 39.1 Å². The van der Waals surface area contributed by atoms with E-state index in [1.54, 1.807) is 6.21 Å². The fourth-order valence-corrected chi connectivity index (χ4v) is 4.62. The average Bonchev–Trinajstić information content (AvgIpc) is 3.22. The fourth-order valence-electron chi connectivity index (χ4n) is 4.36. The molecule has 2 aromatic carbocycles. The van der Waals surface area contributed by atoms with E-state index < -0.39 is 5.41 Å². The lowest BCUT2D eigenvalue weighted by molar-refractivity contribution is -0.135. The topological polar surface area (TPSA) is 70.1 Å². The van der Waals surface area contributed by atoms with Gasteiger partial charge in [0.25, 0.3) is 0 Å². The molecule has 6 heteroatoms. The van der Waals surface area contributed by atoms with E-state index in [4.69, 9.17) is 4.98 Å². The highest BCUT2D eigenvalue weighted by Gasteiger charge is 2.57. The van der Waals surface area contributed by atoms with Crippen LogP contribution in [0.3, 0.4) is 0 Å². The van der Waals surface area contributed by atoms with Crippen molar-refractivity contribution in [2.75, 3.05) is 0 Å². The van der Waals surface area contributed by atoms with Crippen molar-refractivity contribution in [2.24, 2.45) is 15.9 Å². The van der Waals surface area contributed by atoms with Gasteiger partial charge in [0.15, 0.2) is 0 Å². The molecule has 2 N–H and O–H groups in total. The van der Waals surface area contributed by atoms with Crippen LogP contribution in [0.25, 0.3) is 11.0 Å². The number of nitrogens with one attached hydrogen (secondary N) is 2. The molecule has 3 aromatic rings. The largest absolute Gasteiger partial charge is 0.342 e. The molecule has 1 fully saturated rings. The minimum absolute atomic E-state index is 0.0468. The normalized spacial score (nSPS) is 23.7. The number of carbonyl (C=O) groups is 1. The number of fused-ring (bicyclic) bond motifs is 1. The molecule has 1 aromatic heterocycles. The lowest BCUT2D eigenvalue weighted by Gasteiger charge is -2.39. The van der Waals surface area contributed by atoms with E-state index in [0.717, 1.165) is 39.7 Å². The quantitative estimate of drug-likeness (QED) is 0.411. The Balaban J connectivity index is 1.52. The Morgan fingerprint density at radius 3 is 2.66 bits per heavy atom. The van der Waals surface area contributed by atoms with Crippen molar-refractivity contribution in [2.45, 2.75) is 39.5 Å². The monoisotopic (exact) mass is 452 g/mol. The van der Waals surface area contributed by atoms with Crippen molar-refractivity contribution in [1.82, 2.24) is 15.4 Å². The third-order valence-corrected chi connectivity index (χ3v) is 7.24. The Kier molecular flexibility index (Phi) is 5.07. The zero-order chi connectivity index (χ0) is 20.6. The van der Waals surface area contributed by atoms with E-state index >= 15 is 0 Å². The van der Waals surface area contributed by atoms with Gasteiger partial charge in [-0.25, -0.2) is 10.4 Å². The summed E-state index contributed by atoms with van der Waals surface area (Å²) in [4.78, 5) is 21.4. The maximum absolute atomic E-state index is 13.1. The highest BCUT2D eigenvalue weighted by atomic mass is 79.9. The van der Waals surface area contributed by atoms with Crippen LogP contribution in [0.15, 0.2) is 58.1 Å². The molecule has 4 rings (SSSR count). The summed E-state index contributed by atoms with van der Waals surface area (Å²) in [5.74, 6) is 1.10. The summed E-state index contributed by atoms with van der Waals surface area (Å²) in [6, 6.07) is 15.8. The average molecular weight is 453 g/mol. The van der Waals surface area contributed by atoms with Gasteiger partial charge in [-0.05, 0) is 48.1 Å². The zero-order valence-electron chi connectivity index (χ0n) is 16.9. The minimum Gasteiger partial charge on any atom is -0.342 e. The molecule has 1 aliphatic carbocycles. The van der Waals surface area contributed by atoms with Gasteiger partial charge in [0.05, 0.1) is 22.7 Å². The molecule has 0 aliphatic heterocycles. The lowest BCUT2D eigenvalue weighted by Crippen LogP contribution is -2.45. The third kappa shape index (κ3) is 3.50. The van der Waals surface area contributed by atoms with E-state index in [9.17, 15) is 4.79 Å². The standard InChI is InChI=1S/C23H25BrN4O/c1-22(2)17(20-26-18-6-4-5-7-19(18)27-20)12-13-23(22,3)21(29)28-25-14-15-8-10-16(24)11-9-15/h4-11,14,17H,12-13H2,1-3H3,(H,26,27)(H,28,29)/b25-14-/t17-,23-/m1/s1. The van der Waals surface area contributed by atoms with Crippen LogP contribution in [0.5, 0.6) is 0 Å². The van der Waals surface area contributed by atoms with E-state index in [0.29, 0.717) is 0 Å². The first-order valence-electron chi connectivity index (χ1n) is 9.85. The third-order valence-electron chi connectivity index (χ3n) is 6.71. The first-order chi connectivity index (χ1) is 13.8. The summed E-state index contributed by atoms with van der Waals surface area (Å²) in [5, 5.41) is 4.20. The Bertz CT molecular complexity index is 1040. The number of hydrogen-bond acceptors (Lipinski definition) is 3. The summed E-state index contributed by atoms with van der Waals surface area (Å²) < 4.78 is 1.01. The second-order valence-corrected chi connectivity index (χ2v) is 9.45. The maximum Gasteiger partial charge on any atom is 0.246 e. The number of carbonyl (C=O) groups excluding carboxylic acids is 1.